The van der Waals surface area contributed by atoms with Gasteiger partial charge in [-0.2, -0.15) is 0 Å². The van der Waals surface area contributed by atoms with Gasteiger partial charge in [0.05, 0.1) is 17.6 Å². The molecule has 4 aromatic heterocycles. The number of benzene rings is 1. The fourth-order valence-electron chi connectivity index (χ4n) is 3.80. The Morgan fingerprint density at radius 1 is 1.03 bits per heavy atom. The van der Waals surface area contributed by atoms with Gasteiger partial charge in [-0.25, -0.2) is 9.97 Å². The Morgan fingerprint density at radius 3 is 2.65 bits per heavy atom. The quantitative estimate of drug-likeness (QED) is 0.380. The molecule has 31 heavy (non-hydrogen) atoms. The predicted molar refractivity (Wildman–Crippen MR) is 119 cm³/mol. The number of fused-ring (bicyclic) bond motifs is 1. The molecule has 0 saturated carbocycles. The van der Waals surface area contributed by atoms with Crippen LogP contribution in [0, 0.1) is 13.8 Å². The highest BCUT2D eigenvalue weighted by Crippen LogP contribution is 2.27. The Balaban J connectivity index is 1.29. The fraction of sp³-hybridized carbons (Fsp3) is 0.208. The number of nitrogens with one attached hydrogen (secondary N) is 2. The van der Waals surface area contributed by atoms with Crippen molar-refractivity contribution in [2.24, 2.45) is 0 Å². The van der Waals surface area contributed by atoms with Crippen LogP contribution in [-0.4, -0.2) is 20.1 Å². The Hall–Kier alpha value is -3.87. The first kappa shape index (κ1) is 19.1. The van der Waals surface area contributed by atoms with Crippen LogP contribution in [-0.2, 0) is 19.4 Å². The number of imidazole rings is 1. The molecule has 4 heterocycles. The highest BCUT2D eigenvalue weighted by Gasteiger charge is 2.12. The average Bonchev–Trinajstić information content (AvgIpc) is 3.51. The maximum absolute atomic E-state index is 5.41. The first-order chi connectivity index (χ1) is 15.2. The molecule has 0 aliphatic heterocycles. The fourth-order valence-corrected chi connectivity index (χ4v) is 3.80. The van der Waals surface area contributed by atoms with Crippen LogP contribution in [0.4, 0.5) is 5.69 Å². The lowest BCUT2D eigenvalue weighted by atomic mass is 10.0. The summed E-state index contributed by atoms with van der Waals surface area (Å²) in [6.07, 6.45) is 5.04. The SMILES string of the molecule is Cc1noc(C)c1-c1ccc(CNc2ccnc3nc(CCc4ccco4)[nH]c23)cc1. The molecule has 1 aromatic carbocycles. The molecule has 7 nitrogen and oxygen atoms in total. The van der Waals surface area contributed by atoms with Crippen LogP contribution in [0.15, 0.2) is 63.9 Å². The summed E-state index contributed by atoms with van der Waals surface area (Å²) in [5, 5.41) is 7.54. The first-order valence-corrected chi connectivity index (χ1v) is 10.3. The van der Waals surface area contributed by atoms with Crippen LogP contribution >= 0.6 is 0 Å². The molecule has 156 valence electrons. The minimum Gasteiger partial charge on any atom is -0.469 e. The molecular weight excluding hydrogens is 390 g/mol. The second-order valence-corrected chi connectivity index (χ2v) is 7.57. The zero-order valence-electron chi connectivity index (χ0n) is 17.5. The van der Waals surface area contributed by atoms with Crippen molar-refractivity contribution in [3.05, 3.63) is 83.5 Å². The van der Waals surface area contributed by atoms with Gasteiger partial charge in [-0.1, -0.05) is 29.4 Å². The number of rotatable bonds is 7. The number of nitrogens with zero attached hydrogens (tertiary/aromatic N) is 3. The summed E-state index contributed by atoms with van der Waals surface area (Å²) in [4.78, 5) is 12.4. The summed E-state index contributed by atoms with van der Waals surface area (Å²) >= 11 is 0. The van der Waals surface area contributed by atoms with Gasteiger partial charge in [0.2, 0.25) is 0 Å². The van der Waals surface area contributed by atoms with Gasteiger partial charge in [0.15, 0.2) is 5.65 Å². The number of aromatic nitrogens is 4. The minimum atomic E-state index is 0.696. The third-order valence-electron chi connectivity index (χ3n) is 5.39. The lowest BCUT2D eigenvalue weighted by Gasteiger charge is -2.08. The van der Waals surface area contributed by atoms with Gasteiger partial charge in [-0.05, 0) is 43.2 Å². The number of hydrogen-bond donors (Lipinski definition) is 2. The number of aromatic amines is 1. The van der Waals surface area contributed by atoms with E-state index in [1.807, 2.05) is 32.0 Å². The van der Waals surface area contributed by atoms with Crippen LogP contribution in [0.2, 0.25) is 0 Å². The number of pyridine rings is 1. The van der Waals surface area contributed by atoms with E-state index in [9.17, 15) is 0 Å². The topological polar surface area (TPSA) is 92.8 Å². The van der Waals surface area contributed by atoms with Crippen LogP contribution in [0.25, 0.3) is 22.3 Å². The first-order valence-electron chi connectivity index (χ1n) is 10.3. The molecule has 0 spiro atoms. The zero-order chi connectivity index (χ0) is 21.2. The average molecular weight is 413 g/mol. The molecule has 0 unspecified atom stereocenters. The normalized spacial score (nSPS) is 11.3. The summed E-state index contributed by atoms with van der Waals surface area (Å²) in [6, 6.07) is 14.3. The number of hydrogen-bond acceptors (Lipinski definition) is 6. The van der Waals surface area contributed by atoms with Crippen molar-refractivity contribution in [2.45, 2.75) is 33.2 Å². The van der Waals surface area contributed by atoms with E-state index in [-0.39, 0.29) is 0 Å². The lowest BCUT2D eigenvalue weighted by Crippen LogP contribution is -2.00. The Labute approximate surface area is 179 Å². The van der Waals surface area contributed by atoms with Gasteiger partial charge in [-0.15, -0.1) is 0 Å². The Bertz CT molecular complexity index is 1280. The lowest BCUT2D eigenvalue weighted by molar-refractivity contribution is 0.393. The smallest absolute Gasteiger partial charge is 0.179 e. The molecule has 5 rings (SSSR count). The van der Waals surface area contributed by atoms with E-state index < -0.39 is 0 Å². The highest BCUT2D eigenvalue weighted by atomic mass is 16.5. The van der Waals surface area contributed by atoms with E-state index in [1.54, 1.807) is 12.5 Å². The molecule has 0 bridgehead atoms. The summed E-state index contributed by atoms with van der Waals surface area (Å²) in [5.41, 5.74) is 6.88. The molecule has 0 saturated heterocycles. The van der Waals surface area contributed by atoms with Crippen LogP contribution in [0.5, 0.6) is 0 Å². The van der Waals surface area contributed by atoms with Gasteiger partial charge >= 0.3 is 0 Å². The third-order valence-corrected chi connectivity index (χ3v) is 5.39. The molecule has 0 atom stereocenters. The second-order valence-electron chi connectivity index (χ2n) is 7.57. The van der Waals surface area contributed by atoms with Crippen molar-refractivity contribution in [3.8, 4) is 11.1 Å². The van der Waals surface area contributed by atoms with Crippen molar-refractivity contribution < 1.29 is 8.94 Å². The molecule has 0 fully saturated rings. The number of H-pyrrole nitrogens is 1. The third kappa shape index (κ3) is 3.94. The van der Waals surface area contributed by atoms with Crippen molar-refractivity contribution >= 4 is 16.9 Å². The molecule has 5 aromatic rings. The van der Waals surface area contributed by atoms with Crippen molar-refractivity contribution in [3.63, 3.8) is 0 Å². The maximum Gasteiger partial charge on any atom is 0.179 e. The standard InChI is InChI=1S/C24H23N5O2/c1-15-22(16(2)31-29-15)18-7-5-17(6-8-18)14-26-20-11-12-25-24-23(20)27-21(28-24)10-9-19-4-3-13-30-19/h3-8,11-13H,9-10,14H2,1-2H3,(H2,25,26,27,28). The molecule has 0 aliphatic rings. The van der Waals surface area contributed by atoms with Crippen molar-refractivity contribution in [1.82, 2.24) is 20.1 Å². The van der Waals surface area contributed by atoms with Gasteiger partial charge in [-0.3, -0.25) is 0 Å². The van der Waals surface area contributed by atoms with Gasteiger partial charge < -0.3 is 19.2 Å². The highest BCUT2D eigenvalue weighted by molar-refractivity contribution is 5.85. The summed E-state index contributed by atoms with van der Waals surface area (Å²) in [7, 11) is 0. The minimum absolute atomic E-state index is 0.696. The Morgan fingerprint density at radius 2 is 1.90 bits per heavy atom. The second kappa shape index (κ2) is 8.10. The molecular formula is C24H23N5O2. The molecule has 2 N–H and O–H groups in total. The van der Waals surface area contributed by atoms with E-state index >= 15 is 0 Å². The monoisotopic (exact) mass is 413 g/mol. The molecule has 0 aliphatic carbocycles. The van der Waals surface area contributed by atoms with Gasteiger partial charge in [0.25, 0.3) is 0 Å². The Kier molecular flexibility index (Phi) is 5.00. The number of aryl methyl sites for hydroxylation is 4. The van der Waals surface area contributed by atoms with E-state index in [2.05, 4.69) is 49.7 Å². The molecule has 7 heteroatoms. The van der Waals surface area contributed by atoms with Crippen LogP contribution in [0.1, 0.15) is 28.6 Å². The molecule has 0 amide bonds. The van der Waals surface area contributed by atoms with E-state index in [0.29, 0.717) is 12.2 Å². The van der Waals surface area contributed by atoms with Crippen LogP contribution in [0.3, 0.4) is 0 Å². The van der Waals surface area contributed by atoms with Crippen LogP contribution < -0.4 is 5.32 Å². The number of anilines is 1. The van der Waals surface area contributed by atoms with Gasteiger partial charge in [0.1, 0.15) is 22.9 Å². The van der Waals surface area contributed by atoms with Crippen molar-refractivity contribution in [1.29, 1.82) is 0 Å². The summed E-state index contributed by atoms with van der Waals surface area (Å²) in [5.74, 6) is 2.69. The largest absolute Gasteiger partial charge is 0.469 e. The predicted octanol–water partition coefficient (Wildman–Crippen LogP) is 5.22. The zero-order valence-corrected chi connectivity index (χ0v) is 17.5. The van der Waals surface area contributed by atoms with E-state index in [0.717, 1.165) is 58.2 Å². The maximum atomic E-state index is 5.41. The van der Waals surface area contributed by atoms with Gasteiger partial charge in [0, 0.05) is 31.1 Å². The van der Waals surface area contributed by atoms with Crippen molar-refractivity contribution in [2.75, 3.05) is 5.32 Å². The van der Waals surface area contributed by atoms with E-state index in [4.69, 9.17) is 8.94 Å². The summed E-state index contributed by atoms with van der Waals surface area (Å²) in [6.45, 7) is 4.60. The van der Waals surface area contributed by atoms with E-state index in [1.165, 1.54) is 5.56 Å². The molecule has 0 radical (unpaired) electrons. The number of furan rings is 1. The summed E-state index contributed by atoms with van der Waals surface area (Å²) < 4.78 is 10.7.